The molecule has 27 heavy (non-hydrogen) atoms. The van der Waals surface area contributed by atoms with Crippen molar-refractivity contribution in [3.63, 3.8) is 0 Å². The highest BCUT2D eigenvalue weighted by atomic mass is 19.1. The van der Waals surface area contributed by atoms with Crippen LogP contribution in [0.5, 0.6) is 0 Å². The van der Waals surface area contributed by atoms with E-state index in [0.717, 1.165) is 24.0 Å². The molecule has 4 rings (SSSR count). The minimum atomic E-state index is -0.335. The van der Waals surface area contributed by atoms with Gasteiger partial charge in [0.15, 0.2) is 0 Å². The lowest BCUT2D eigenvalue weighted by Gasteiger charge is -2.21. The Labute approximate surface area is 156 Å². The Balaban J connectivity index is 1.52. The van der Waals surface area contributed by atoms with Crippen LogP contribution >= 0.6 is 0 Å². The van der Waals surface area contributed by atoms with Crippen molar-refractivity contribution >= 4 is 5.91 Å². The van der Waals surface area contributed by atoms with Crippen molar-refractivity contribution in [2.45, 2.75) is 32.2 Å². The molecular weight excluding hydrogens is 345 g/mol. The van der Waals surface area contributed by atoms with E-state index in [1.807, 2.05) is 31.2 Å². The van der Waals surface area contributed by atoms with E-state index in [9.17, 15) is 9.18 Å². The summed E-state index contributed by atoms with van der Waals surface area (Å²) in [6.07, 6.45) is 1.82. The summed E-state index contributed by atoms with van der Waals surface area (Å²) in [6, 6.07) is 13.8. The molecule has 1 aromatic heterocycles. The maximum absolute atomic E-state index is 13.4. The van der Waals surface area contributed by atoms with Gasteiger partial charge in [-0.15, -0.1) is 0 Å². The van der Waals surface area contributed by atoms with Crippen LogP contribution in [0.25, 0.3) is 11.4 Å². The first kappa shape index (κ1) is 17.4. The van der Waals surface area contributed by atoms with Crippen molar-refractivity contribution in [1.29, 1.82) is 0 Å². The lowest BCUT2D eigenvalue weighted by Crippen LogP contribution is -2.32. The highest BCUT2D eigenvalue weighted by Gasteiger charge is 2.34. The van der Waals surface area contributed by atoms with Crippen molar-refractivity contribution in [2.24, 2.45) is 0 Å². The molecule has 0 bridgehead atoms. The molecule has 1 saturated heterocycles. The quantitative estimate of drug-likeness (QED) is 0.699. The van der Waals surface area contributed by atoms with E-state index in [-0.39, 0.29) is 24.2 Å². The predicted molar refractivity (Wildman–Crippen MR) is 98.3 cm³/mol. The second kappa shape index (κ2) is 7.31. The molecule has 0 N–H and O–H groups in total. The van der Waals surface area contributed by atoms with E-state index in [1.165, 1.54) is 12.1 Å². The number of carbonyl (C=O) groups is 1. The number of likely N-dealkylation sites (tertiary alicyclic amines) is 1. The average molecular weight is 365 g/mol. The second-order valence-corrected chi connectivity index (χ2v) is 6.88. The molecule has 1 amide bonds. The number of hydrogen-bond donors (Lipinski definition) is 0. The van der Waals surface area contributed by atoms with Crippen LogP contribution in [-0.4, -0.2) is 27.5 Å². The van der Waals surface area contributed by atoms with Crippen molar-refractivity contribution in [1.82, 2.24) is 15.0 Å². The van der Waals surface area contributed by atoms with Gasteiger partial charge in [-0.25, -0.2) is 4.39 Å². The molecule has 5 nitrogen and oxygen atoms in total. The molecule has 1 fully saturated rings. The van der Waals surface area contributed by atoms with E-state index in [1.54, 1.807) is 17.0 Å². The number of aryl methyl sites for hydroxylation is 1. The fourth-order valence-electron chi connectivity index (χ4n) is 3.52. The molecule has 1 aliphatic rings. The molecule has 1 unspecified atom stereocenters. The van der Waals surface area contributed by atoms with E-state index in [0.29, 0.717) is 23.8 Å². The van der Waals surface area contributed by atoms with Crippen molar-refractivity contribution in [2.75, 3.05) is 6.54 Å². The Morgan fingerprint density at radius 2 is 2.11 bits per heavy atom. The molecule has 0 radical (unpaired) electrons. The second-order valence-electron chi connectivity index (χ2n) is 6.88. The Bertz CT molecular complexity index is 969. The van der Waals surface area contributed by atoms with Crippen LogP contribution in [0.1, 0.15) is 35.9 Å². The van der Waals surface area contributed by atoms with Crippen molar-refractivity contribution in [3.05, 3.63) is 71.4 Å². The van der Waals surface area contributed by atoms with Crippen molar-refractivity contribution < 1.29 is 13.7 Å². The van der Waals surface area contributed by atoms with Gasteiger partial charge >= 0.3 is 0 Å². The molecular formula is C21H20FN3O2. The minimum absolute atomic E-state index is 0.0570. The normalized spacial score (nSPS) is 16.7. The summed E-state index contributed by atoms with van der Waals surface area (Å²) in [7, 11) is 0. The van der Waals surface area contributed by atoms with Crippen molar-refractivity contribution in [3.8, 4) is 11.4 Å². The lowest BCUT2D eigenvalue weighted by atomic mass is 10.1. The van der Waals surface area contributed by atoms with Crippen LogP contribution in [0.2, 0.25) is 0 Å². The van der Waals surface area contributed by atoms with Gasteiger partial charge in [0.25, 0.3) is 0 Å². The number of halogens is 1. The highest BCUT2D eigenvalue weighted by molar-refractivity contribution is 5.79. The van der Waals surface area contributed by atoms with Gasteiger partial charge in [-0.3, -0.25) is 4.79 Å². The molecule has 1 aliphatic heterocycles. The molecule has 0 saturated carbocycles. The standard InChI is InChI=1S/C21H20FN3O2/c1-14-5-2-7-16(11-14)20-23-21(27-24-20)18-9-4-10-25(18)19(26)13-15-6-3-8-17(22)12-15/h2-3,5-8,11-12,18H,4,9-10,13H2,1H3. The molecule has 2 heterocycles. The van der Waals surface area contributed by atoms with Crippen LogP contribution in [0.4, 0.5) is 4.39 Å². The third-order valence-electron chi connectivity index (χ3n) is 4.82. The molecule has 3 aromatic rings. The Morgan fingerprint density at radius 3 is 2.93 bits per heavy atom. The van der Waals surface area contributed by atoms with Crippen LogP contribution in [0, 0.1) is 12.7 Å². The number of benzene rings is 2. The number of nitrogens with zero attached hydrogens (tertiary/aromatic N) is 3. The smallest absolute Gasteiger partial charge is 0.249 e. The lowest BCUT2D eigenvalue weighted by molar-refractivity contribution is -0.131. The Hall–Kier alpha value is -3.02. The fourth-order valence-corrected chi connectivity index (χ4v) is 3.52. The van der Waals surface area contributed by atoms with Gasteiger partial charge in [-0.2, -0.15) is 4.98 Å². The molecule has 0 spiro atoms. The van der Waals surface area contributed by atoms with Gasteiger partial charge in [0.05, 0.1) is 6.42 Å². The zero-order valence-corrected chi connectivity index (χ0v) is 15.1. The zero-order chi connectivity index (χ0) is 18.8. The van der Waals surface area contributed by atoms with Crippen LogP contribution < -0.4 is 0 Å². The molecule has 2 aromatic carbocycles. The number of aromatic nitrogens is 2. The predicted octanol–water partition coefficient (Wildman–Crippen LogP) is 4.09. The van der Waals surface area contributed by atoms with Gasteiger partial charge in [-0.1, -0.05) is 41.1 Å². The van der Waals surface area contributed by atoms with E-state index in [4.69, 9.17) is 4.52 Å². The van der Waals surface area contributed by atoms with Gasteiger partial charge < -0.3 is 9.42 Å². The zero-order valence-electron chi connectivity index (χ0n) is 15.1. The topological polar surface area (TPSA) is 59.2 Å². The molecule has 138 valence electrons. The summed E-state index contributed by atoms with van der Waals surface area (Å²) in [5.74, 6) is 0.589. The summed E-state index contributed by atoms with van der Waals surface area (Å²) in [5.41, 5.74) is 2.67. The monoisotopic (exact) mass is 365 g/mol. The van der Waals surface area contributed by atoms with Crippen LogP contribution in [0.3, 0.4) is 0 Å². The molecule has 6 heteroatoms. The third-order valence-corrected chi connectivity index (χ3v) is 4.82. The number of carbonyl (C=O) groups excluding carboxylic acids is 1. The minimum Gasteiger partial charge on any atom is -0.337 e. The Morgan fingerprint density at radius 1 is 1.26 bits per heavy atom. The summed E-state index contributed by atoms with van der Waals surface area (Å²) in [6.45, 7) is 2.65. The number of rotatable bonds is 4. The first-order valence-corrected chi connectivity index (χ1v) is 9.05. The van der Waals surface area contributed by atoms with E-state index < -0.39 is 0 Å². The van der Waals surface area contributed by atoms with Gasteiger partial charge in [-0.05, 0) is 43.5 Å². The first-order chi connectivity index (χ1) is 13.1. The number of hydrogen-bond acceptors (Lipinski definition) is 4. The highest BCUT2D eigenvalue weighted by Crippen LogP contribution is 2.32. The summed E-state index contributed by atoms with van der Waals surface area (Å²) >= 11 is 0. The van der Waals surface area contributed by atoms with Gasteiger partial charge in [0.2, 0.25) is 17.6 Å². The summed E-state index contributed by atoms with van der Waals surface area (Å²) in [4.78, 5) is 19.0. The van der Waals surface area contributed by atoms with E-state index >= 15 is 0 Å². The first-order valence-electron chi connectivity index (χ1n) is 9.05. The molecule has 1 atom stereocenters. The van der Waals surface area contributed by atoms with E-state index in [2.05, 4.69) is 10.1 Å². The molecule has 0 aliphatic carbocycles. The number of amides is 1. The largest absolute Gasteiger partial charge is 0.337 e. The summed E-state index contributed by atoms with van der Waals surface area (Å²) < 4.78 is 18.8. The third kappa shape index (κ3) is 3.74. The van der Waals surface area contributed by atoms with Crippen LogP contribution in [0.15, 0.2) is 53.1 Å². The Kier molecular flexibility index (Phi) is 4.71. The summed E-state index contributed by atoms with van der Waals surface area (Å²) in [5, 5.41) is 4.09. The van der Waals surface area contributed by atoms with Crippen LogP contribution in [-0.2, 0) is 11.2 Å². The average Bonchev–Trinajstić information content (AvgIpc) is 3.31. The maximum Gasteiger partial charge on any atom is 0.249 e. The maximum atomic E-state index is 13.4. The van der Waals surface area contributed by atoms with Gasteiger partial charge in [0, 0.05) is 12.1 Å². The SMILES string of the molecule is Cc1cccc(-c2noc(C3CCCN3C(=O)Cc3cccc(F)c3)n2)c1. The van der Waals surface area contributed by atoms with Gasteiger partial charge in [0.1, 0.15) is 11.9 Å². The fraction of sp³-hybridized carbons (Fsp3) is 0.286.